The second-order valence-corrected chi connectivity index (χ2v) is 8.81. The first kappa shape index (κ1) is 23.7. The second kappa shape index (κ2) is 9.79. The normalized spacial score (nSPS) is 11.1. The van der Waals surface area contributed by atoms with Crippen LogP contribution in [0, 0.1) is 0 Å². The van der Waals surface area contributed by atoms with Gasteiger partial charge in [-0.2, -0.15) is 4.73 Å². The number of ether oxygens (including phenoxy) is 1. The smallest absolute Gasteiger partial charge is 0.187 e. The summed E-state index contributed by atoms with van der Waals surface area (Å²) in [5.74, 6) is 0.538. The molecule has 2 aromatic carbocycles. The van der Waals surface area contributed by atoms with Gasteiger partial charge in [0.05, 0.1) is 40.0 Å². The van der Waals surface area contributed by atoms with Crippen molar-refractivity contribution < 1.29 is 15.1 Å². The molecule has 0 spiro atoms. The molecule has 2 heterocycles. The molecule has 0 aliphatic heterocycles. The fourth-order valence-corrected chi connectivity index (χ4v) is 4.57. The van der Waals surface area contributed by atoms with Gasteiger partial charge >= 0.3 is 0 Å². The van der Waals surface area contributed by atoms with Crippen LogP contribution in [0.5, 0.6) is 5.75 Å². The number of methoxy groups -OCH3 is 1. The zero-order chi connectivity index (χ0) is 23.7. The highest BCUT2D eigenvalue weighted by molar-refractivity contribution is 7.98. The quantitative estimate of drug-likeness (QED) is 0.179. The lowest BCUT2D eigenvalue weighted by atomic mass is 10.1. The molecule has 0 amide bonds. The third kappa shape index (κ3) is 4.49. The molecule has 0 saturated heterocycles. The van der Waals surface area contributed by atoms with Gasteiger partial charge in [-0.3, -0.25) is 0 Å². The van der Waals surface area contributed by atoms with Crippen molar-refractivity contribution in [1.82, 2.24) is 19.7 Å². The van der Waals surface area contributed by atoms with E-state index >= 15 is 0 Å². The molecule has 2 aromatic heterocycles. The van der Waals surface area contributed by atoms with Gasteiger partial charge in [-0.1, -0.05) is 52.6 Å². The van der Waals surface area contributed by atoms with Crippen LogP contribution in [0.4, 0.5) is 0 Å². The standard InChI is InChI=1S/C22H17Cl3N4O3S/c1-32-17-9-12(3-4-13(17)23)20-19(16-5-6-26-22(27-16)33-2)28-21(29(20)31)18-14(24)7-11(10-30)8-15(18)25/h3-9,30-31H,10H2,1-2H3. The predicted octanol–water partition coefficient (Wildman–Crippen LogP) is 6.09. The van der Waals surface area contributed by atoms with Crippen molar-refractivity contribution >= 4 is 46.6 Å². The number of hydrogen-bond acceptors (Lipinski definition) is 7. The molecule has 7 nitrogen and oxygen atoms in total. The van der Waals surface area contributed by atoms with Crippen LogP contribution in [0.1, 0.15) is 5.56 Å². The molecule has 170 valence electrons. The van der Waals surface area contributed by atoms with Gasteiger partial charge in [0.15, 0.2) is 11.0 Å². The Hall–Kier alpha value is -2.49. The average Bonchev–Trinajstić information content (AvgIpc) is 3.15. The van der Waals surface area contributed by atoms with E-state index in [2.05, 4.69) is 15.0 Å². The van der Waals surface area contributed by atoms with Crippen LogP contribution in [0.15, 0.2) is 47.8 Å². The molecule has 4 aromatic rings. The summed E-state index contributed by atoms with van der Waals surface area (Å²) in [7, 11) is 1.50. The minimum atomic E-state index is -0.229. The van der Waals surface area contributed by atoms with Gasteiger partial charge in [0.25, 0.3) is 0 Å². The maximum absolute atomic E-state index is 11.3. The molecule has 0 unspecified atom stereocenters. The minimum absolute atomic E-state index is 0.109. The Bertz CT molecular complexity index is 1320. The molecule has 11 heteroatoms. The van der Waals surface area contributed by atoms with Gasteiger partial charge in [0, 0.05) is 11.8 Å². The van der Waals surface area contributed by atoms with Crippen molar-refractivity contribution in [1.29, 1.82) is 0 Å². The molecular formula is C22H17Cl3N4O3S. The second-order valence-electron chi connectivity index (χ2n) is 6.81. The molecule has 33 heavy (non-hydrogen) atoms. The van der Waals surface area contributed by atoms with Gasteiger partial charge in [-0.15, -0.1) is 0 Å². The lowest BCUT2D eigenvalue weighted by Crippen LogP contribution is -1.99. The number of aliphatic hydroxyl groups is 1. The number of rotatable bonds is 6. The van der Waals surface area contributed by atoms with Crippen molar-refractivity contribution in [3.8, 4) is 39.8 Å². The maximum Gasteiger partial charge on any atom is 0.187 e. The molecule has 4 rings (SSSR count). The summed E-state index contributed by atoms with van der Waals surface area (Å²) in [4.78, 5) is 13.4. The van der Waals surface area contributed by atoms with Crippen LogP contribution in [-0.2, 0) is 6.61 Å². The number of halogens is 3. The summed E-state index contributed by atoms with van der Waals surface area (Å²) in [6, 6.07) is 9.91. The fourth-order valence-electron chi connectivity index (χ4n) is 3.32. The summed E-state index contributed by atoms with van der Waals surface area (Å²) >= 11 is 20.5. The highest BCUT2D eigenvalue weighted by Gasteiger charge is 2.26. The van der Waals surface area contributed by atoms with Crippen LogP contribution >= 0.6 is 46.6 Å². The highest BCUT2D eigenvalue weighted by atomic mass is 35.5. The van der Waals surface area contributed by atoms with Gasteiger partial charge < -0.3 is 15.1 Å². The highest BCUT2D eigenvalue weighted by Crippen LogP contribution is 2.41. The van der Waals surface area contributed by atoms with Crippen LogP contribution in [0.2, 0.25) is 15.1 Å². The number of imidazole rings is 1. The molecule has 0 atom stereocenters. The number of benzene rings is 2. The fraction of sp³-hybridized carbons (Fsp3) is 0.136. The van der Waals surface area contributed by atoms with Crippen molar-refractivity contribution in [3.63, 3.8) is 0 Å². The van der Waals surface area contributed by atoms with E-state index in [9.17, 15) is 10.3 Å². The van der Waals surface area contributed by atoms with Crippen molar-refractivity contribution in [3.05, 3.63) is 63.2 Å². The molecule has 0 radical (unpaired) electrons. The number of aromatic nitrogens is 4. The Balaban J connectivity index is 2.02. The summed E-state index contributed by atoms with van der Waals surface area (Å²) in [5.41, 5.74) is 2.64. The summed E-state index contributed by atoms with van der Waals surface area (Å²) in [6.07, 6.45) is 3.48. The largest absolute Gasteiger partial charge is 0.495 e. The van der Waals surface area contributed by atoms with Gasteiger partial charge in [-0.05, 0) is 42.2 Å². The number of hydrogen-bond donors (Lipinski definition) is 2. The van der Waals surface area contributed by atoms with E-state index in [4.69, 9.17) is 39.5 Å². The first-order chi connectivity index (χ1) is 15.9. The number of aliphatic hydroxyl groups excluding tert-OH is 1. The van der Waals surface area contributed by atoms with E-state index in [1.807, 2.05) is 6.26 Å². The van der Waals surface area contributed by atoms with E-state index in [1.54, 1.807) is 42.6 Å². The van der Waals surface area contributed by atoms with Gasteiger partial charge in [-0.25, -0.2) is 15.0 Å². The average molecular weight is 524 g/mol. The molecule has 0 saturated carbocycles. The van der Waals surface area contributed by atoms with Gasteiger partial charge in [0.2, 0.25) is 0 Å². The Morgan fingerprint density at radius 3 is 2.39 bits per heavy atom. The number of nitrogens with zero attached hydrogens (tertiary/aromatic N) is 4. The molecule has 0 aliphatic rings. The maximum atomic E-state index is 11.3. The van der Waals surface area contributed by atoms with Crippen molar-refractivity contribution in [2.75, 3.05) is 13.4 Å². The molecule has 0 aliphatic carbocycles. The van der Waals surface area contributed by atoms with Crippen LogP contribution in [-0.4, -0.2) is 43.4 Å². The topological polar surface area (TPSA) is 93.3 Å². The summed E-state index contributed by atoms with van der Waals surface area (Å²) < 4.78 is 6.25. The molecule has 0 fully saturated rings. The van der Waals surface area contributed by atoms with Crippen molar-refractivity contribution in [2.45, 2.75) is 11.8 Å². The molecule has 2 N–H and O–H groups in total. The lowest BCUT2D eigenvalue weighted by molar-refractivity contribution is 0.195. The Morgan fingerprint density at radius 2 is 1.76 bits per heavy atom. The van der Waals surface area contributed by atoms with Crippen LogP contribution in [0.25, 0.3) is 34.0 Å². The van der Waals surface area contributed by atoms with Crippen LogP contribution < -0.4 is 4.74 Å². The SMILES string of the molecule is COc1cc(-c2c(-c3ccnc(SC)n3)nc(-c3c(Cl)cc(CO)cc3Cl)n2O)ccc1Cl. The first-order valence-corrected chi connectivity index (χ1v) is 11.9. The number of thioether (sulfide) groups is 1. The van der Waals surface area contributed by atoms with Gasteiger partial charge in [0.1, 0.15) is 17.1 Å². The Labute approximate surface area is 208 Å². The van der Waals surface area contributed by atoms with E-state index in [1.165, 1.54) is 18.9 Å². The predicted molar refractivity (Wildman–Crippen MR) is 131 cm³/mol. The molecule has 0 bridgehead atoms. The van der Waals surface area contributed by atoms with E-state index in [0.717, 1.165) is 4.73 Å². The van der Waals surface area contributed by atoms with E-state index in [-0.39, 0.29) is 22.5 Å². The minimum Gasteiger partial charge on any atom is -0.495 e. The zero-order valence-electron chi connectivity index (χ0n) is 17.4. The summed E-state index contributed by atoms with van der Waals surface area (Å²) in [5, 5.41) is 22.1. The Morgan fingerprint density at radius 1 is 1.03 bits per heavy atom. The lowest BCUT2D eigenvalue weighted by Gasteiger charge is -2.11. The zero-order valence-corrected chi connectivity index (χ0v) is 20.5. The van der Waals surface area contributed by atoms with E-state index in [0.29, 0.717) is 49.7 Å². The first-order valence-electron chi connectivity index (χ1n) is 9.50. The van der Waals surface area contributed by atoms with E-state index < -0.39 is 0 Å². The van der Waals surface area contributed by atoms with Crippen LogP contribution in [0.3, 0.4) is 0 Å². The third-order valence-corrected chi connectivity index (χ3v) is 6.32. The molecular weight excluding hydrogens is 507 g/mol. The third-order valence-electron chi connectivity index (χ3n) is 4.85. The summed E-state index contributed by atoms with van der Waals surface area (Å²) in [6.45, 7) is -0.229. The Kier molecular flexibility index (Phi) is 7.02. The monoisotopic (exact) mass is 522 g/mol. The van der Waals surface area contributed by atoms with Crippen molar-refractivity contribution in [2.24, 2.45) is 0 Å².